The Kier molecular flexibility index (Phi) is 3.81. The van der Waals surface area contributed by atoms with Gasteiger partial charge in [-0.2, -0.15) is 15.1 Å². The predicted molar refractivity (Wildman–Crippen MR) is 88.3 cm³/mol. The Hall–Kier alpha value is -2.41. The molecule has 1 N–H and O–H groups in total. The van der Waals surface area contributed by atoms with Gasteiger partial charge in [0.2, 0.25) is 5.17 Å². The van der Waals surface area contributed by atoms with Crippen LogP contribution in [-0.4, -0.2) is 34.1 Å². The summed E-state index contributed by atoms with van der Waals surface area (Å²) in [5.41, 5.74) is 0.929. The van der Waals surface area contributed by atoms with E-state index in [1.54, 1.807) is 19.3 Å². The van der Waals surface area contributed by atoms with E-state index in [-0.39, 0.29) is 11.4 Å². The lowest BCUT2D eigenvalue weighted by atomic mass is 10.1. The number of ether oxygens (including phenoxy) is 1. The average Bonchev–Trinajstić information content (AvgIpc) is 2.95. The number of thioether (sulfide) groups is 1. The molecule has 2 heterocycles. The van der Waals surface area contributed by atoms with Crippen LogP contribution in [0.2, 0.25) is 0 Å². The molecule has 1 aromatic carbocycles. The molecule has 0 aromatic heterocycles. The lowest BCUT2D eigenvalue weighted by molar-refractivity contribution is -0.114. The summed E-state index contributed by atoms with van der Waals surface area (Å²) in [5, 5.41) is 15.3. The number of fused-ring (bicyclic) bond motifs is 1. The smallest absolute Gasteiger partial charge is 0.283 e. The summed E-state index contributed by atoms with van der Waals surface area (Å²) in [4.78, 5) is 16.2. The maximum absolute atomic E-state index is 12.2. The van der Waals surface area contributed by atoms with Crippen molar-refractivity contribution in [3.8, 4) is 5.75 Å². The van der Waals surface area contributed by atoms with E-state index in [0.29, 0.717) is 10.9 Å². The summed E-state index contributed by atoms with van der Waals surface area (Å²) in [7, 11) is 1.57. The van der Waals surface area contributed by atoms with Gasteiger partial charge in [-0.3, -0.25) is 10.2 Å². The highest BCUT2D eigenvalue weighted by Gasteiger charge is 2.35. The van der Waals surface area contributed by atoms with Gasteiger partial charge >= 0.3 is 0 Å². The van der Waals surface area contributed by atoms with E-state index in [2.05, 4.69) is 10.1 Å². The molecule has 0 fully saturated rings. The van der Waals surface area contributed by atoms with Crippen LogP contribution in [-0.2, 0) is 4.79 Å². The molecule has 112 valence electrons. The van der Waals surface area contributed by atoms with Crippen molar-refractivity contribution in [3.63, 3.8) is 0 Å². The van der Waals surface area contributed by atoms with Gasteiger partial charge in [-0.15, -0.1) is 0 Å². The molecule has 0 atom stereocenters. The molecule has 0 unspecified atom stereocenters. The molecule has 3 rings (SSSR count). The fourth-order valence-electron chi connectivity index (χ4n) is 2.12. The SMILES string of the molecule is CCC1=NN2C(=N)C(=Cc3ccccc3OC)C(=O)N=C2S1. The molecule has 1 aromatic rings. The first-order chi connectivity index (χ1) is 10.6. The van der Waals surface area contributed by atoms with Crippen LogP contribution in [0.15, 0.2) is 39.9 Å². The van der Waals surface area contributed by atoms with Gasteiger partial charge in [-0.1, -0.05) is 25.1 Å². The normalized spacial score (nSPS) is 19.2. The molecule has 0 saturated heterocycles. The second kappa shape index (κ2) is 5.76. The zero-order valence-electron chi connectivity index (χ0n) is 12.2. The number of rotatable bonds is 3. The predicted octanol–water partition coefficient (Wildman–Crippen LogP) is 2.72. The van der Waals surface area contributed by atoms with Gasteiger partial charge in [-0.25, -0.2) is 0 Å². The van der Waals surface area contributed by atoms with Crippen molar-refractivity contribution in [3.05, 3.63) is 35.4 Å². The minimum absolute atomic E-state index is 0.0388. The highest BCUT2D eigenvalue weighted by Crippen LogP contribution is 2.30. The molecule has 0 saturated carbocycles. The van der Waals surface area contributed by atoms with Crippen LogP contribution in [0.25, 0.3) is 6.08 Å². The molecule has 1 amide bonds. The fourth-order valence-corrected chi connectivity index (χ4v) is 2.94. The van der Waals surface area contributed by atoms with Gasteiger partial charge in [0, 0.05) is 5.56 Å². The van der Waals surface area contributed by atoms with Crippen LogP contribution < -0.4 is 4.74 Å². The van der Waals surface area contributed by atoms with Crippen LogP contribution in [0, 0.1) is 5.41 Å². The van der Waals surface area contributed by atoms with Crippen LogP contribution in [0.3, 0.4) is 0 Å². The Bertz CT molecular complexity index is 752. The Morgan fingerprint density at radius 3 is 2.91 bits per heavy atom. The molecular formula is C15H14N4O2S. The first kappa shape index (κ1) is 14.5. The first-order valence-corrected chi connectivity index (χ1v) is 7.57. The molecule has 0 radical (unpaired) electrons. The lowest BCUT2D eigenvalue weighted by Gasteiger charge is -2.20. The minimum Gasteiger partial charge on any atom is -0.496 e. The van der Waals surface area contributed by atoms with Gasteiger partial charge in [0.15, 0.2) is 5.84 Å². The molecule has 0 spiro atoms. The Balaban J connectivity index is 2.02. The Morgan fingerprint density at radius 2 is 2.18 bits per heavy atom. The van der Waals surface area contributed by atoms with Gasteiger partial charge in [0.1, 0.15) is 10.8 Å². The summed E-state index contributed by atoms with van der Waals surface area (Å²) in [6.07, 6.45) is 2.36. The first-order valence-electron chi connectivity index (χ1n) is 6.76. The molecule has 2 aliphatic rings. The zero-order chi connectivity index (χ0) is 15.7. The number of nitrogens with zero attached hydrogens (tertiary/aromatic N) is 3. The standard InChI is InChI=1S/C15H14N4O2S/c1-3-12-18-19-13(16)10(14(20)17-15(19)22-12)8-9-6-4-5-7-11(9)21-2/h4-8,16H,3H2,1-2H3. The van der Waals surface area contributed by atoms with Gasteiger partial charge in [0.05, 0.1) is 12.7 Å². The molecule has 7 heteroatoms. The third kappa shape index (κ3) is 2.43. The molecular weight excluding hydrogens is 300 g/mol. The minimum atomic E-state index is -0.429. The summed E-state index contributed by atoms with van der Waals surface area (Å²) in [5.74, 6) is 0.248. The van der Waals surface area contributed by atoms with Crippen LogP contribution >= 0.6 is 11.8 Å². The molecule has 2 aliphatic heterocycles. The van der Waals surface area contributed by atoms with Gasteiger partial charge < -0.3 is 4.74 Å². The number of nitrogens with one attached hydrogen (secondary N) is 1. The van der Waals surface area contributed by atoms with Crippen LogP contribution in [0.5, 0.6) is 5.75 Å². The summed E-state index contributed by atoms with van der Waals surface area (Å²) in [6, 6.07) is 7.32. The number of aliphatic imine (C=N–C) groups is 1. The maximum atomic E-state index is 12.2. The lowest BCUT2D eigenvalue weighted by Crippen LogP contribution is -2.35. The second-order valence-corrected chi connectivity index (χ2v) is 5.65. The quantitative estimate of drug-likeness (QED) is 0.870. The van der Waals surface area contributed by atoms with Crippen molar-refractivity contribution in [1.82, 2.24) is 5.01 Å². The van der Waals surface area contributed by atoms with Crippen molar-refractivity contribution >= 4 is 39.8 Å². The van der Waals surface area contributed by atoms with Crippen molar-refractivity contribution < 1.29 is 9.53 Å². The average molecular weight is 314 g/mol. The monoisotopic (exact) mass is 314 g/mol. The Morgan fingerprint density at radius 1 is 1.41 bits per heavy atom. The molecule has 22 heavy (non-hydrogen) atoms. The van der Waals surface area contributed by atoms with E-state index >= 15 is 0 Å². The van der Waals surface area contributed by atoms with Gasteiger partial charge in [0.25, 0.3) is 5.91 Å². The fraction of sp³-hybridized carbons (Fsp3) is 0.200. The third-order valence-electron chi connectivity index (χ3n) is 3.24. The van der Waals surface area contributed by atoms with E-state index in [9.17, 15) is 4.79 Å². The highest BCUT2D eigenvalue weighted by molar-refractivity contribution is 8.26. The zero-order valence-corrected chi connectivity index (χ0v) is 13.0. The van der Waals surface area contributed by atoms with Gasteiger partial charge in [-0.05, 0) is 30.3 Å². The van der Waals surface area contributed by atoms with Crippen molar-refractivity contribution in [2.45, 2.75) is 13.3 Å². The Labute approximate surface area is 132 Å². The maximum Gasteiger partial charge on any atom is 0.283 e. The molecule has 6 nitrogen and oxygen atoms in total. The van der Waals surface area contributed by atoms with Crippen molar-refractivity contribution in [2.24, 2.45) is 10.1 Å². The number of hydrazone groups is 1. The van der Waals surface area contributed by atoms with E-state index < -0.39 is 5.91 Å². The molecule has 0 bridgehead atoms. The number of carbonyl (C=O) groups is 1. The number of carbonyl (C=O) groups excluding carboxylic acids is 1. The highest BCUT2D eigenvalue weighted by atomic mass is 32.2. The van der Waals surface area contributed by atoms with Crippen molar-refractivity contribution in [2.75, 3.05) is 7.11 Å². The number of hydrogen-bond acceptors (Lipinski definition) is 5. The number of hydrogen-bond donors (Lipinski definition) is 1. The number of amides is 1. The number of methoxy groups -OCH3 is 1. The number of amidine groups is 2. The summed E-state index contributed by atoms with van der Waals surface area (Å²) >= 11 is 1.33. The topological polar surface area (TPSA) is 78.1 Å². The third-order valence-corrected chi connectivity index (χ3v) is 4.29. The van der Waals surface area contributed by atoms with E-state index in [1.807, 2.05) is 25.1 Å². The number of para-hydroxylation sites is 1. The van der Waals surface area contributed by atoms with Crippen LogP contribution in [0.1, 0.15) is 18.9 Å². The van der Waals surface area contributed by atoms with Crippen molar-refractivity contribution in [1.29, 1.82) is 5.41 Å². The van der Waals surface area contributed by atoms with E-state index in [1.165, 1.54) is 16.8 Å². The number of benzene rings is 1. The molecule has 0 aliphatic carbocycles. The summed E-state index contributed by atoms with van der Waals surface area (Å²) in [6.45, 7) is 1.97. The van der Waals surface area contributed by atoms with E-state index in [4.69, 9.17) is 10.1 Å². The van der Waals surface area contributed by atoms with E-state index in [0.717, 1.165) is 17.0 Å². The second-order valence-electron chi connectivity index (χ2n) is 4.61. The summed E-state index contributed by atoms with van der Waals surface area (Å²) < 4.78 is 5.27. The largest absolute Gasteiger partial charge is 0.496 e. The van der Waals surface area contributed by atoms with Crippen LogP contribution in [0.4, 0.5) is 0 Å².